The van der Waals surface area contributed by atoms with Gasteiger partial charge in [0.15, 0.2) is 5.96 Å². The lowest BCUT2D eigenvalue weighted by Gasteiger charge is -2.30. The van der Waals surface area contributed by atoms with E-state index in [-0.39, 0.29) is 25.5 Å². The number of hydrogen-bond donors (Lipinski definition) is 7. The number of nitrogens with two attached hydrogens (primary N) is 3. The summed E-state index contributed by atoms with van der Waals surface area (Å²) in [5.74, 6) is -4.23. The number of likely N-dealkylation sites (N-methyl/N-ethyl adjacent to an activating group) is 1. The summed E-state index contributed by atoms with van der Waals surface area (Å²) in [5, 5.41) is 4.86. The molecule has 0 heterocycles. The monoisotopic (exact) mass is 423 g/mol. The van der Waals surface area contributed by atoms with Crippen molar-refractivity contribution in [2.75, 3.05) is 20.1 Å². The highest BCUT2D eigenvalue weighted by atomic mass is 31.2. The molecule has 0 aliphatic rings. The van der Waals surface area contributed by atoms with Crippen LogP contribution in [0.5, 0.6) is 0 Å². The highest BCUT2D eigenvalue weighted by Gasteiger charge is 2.39. The van der Waals surface area contributed by atoms with Crippen LogP contribution in [0.15, 0.2) is 4.99 Å². The van der Waals surface area contributed by atoms with Crippen LogP contribution in [0.3, 0.4) is 0 Å². The van der Waals surface area contributed by atoms with Gasteiger partial charge in [-0.2, -0.15) is 0 Å². The molecule has 3 atom stereocenters. The summed E-state index contributed by atoms with van der Waals surface area (Å²) < 4.78 is 11.5. The van der Waals surface area contributed by atoms with Crippen molar-refractivity contribution < 1.29 is 28.7 Å². The van der Waals surface area contributed by atoms with E-state index in [1.54, 1.807) is 0 Å². The highest BCUT2D eigenvalue weighted by molar-refractivity contribution is 7.52. The summed E-state index contributed by atoms with van der Waals surface area (Å²) in [6.07, 6.45) is 0.668. The van der Waals surface area contributed by atoms with E-state index >= 15 is 0 Å². The first-order valence-corrected chi connectivity index (χ1v) is 10.2. The first-order valence-electron chi connectivity index (χ1n) is 8.50. The van der Waals surface area contributed by atoms with Gasteiger partial charge in [0.2, 0.25) is 11.8 Å². The molecule has 0 unspecified atom stereocenters. The van der Waals surface area contributed by atoms with Crippen LogP contribution in [0.2, 0.25) is 0 Å². The first kappa shape index (κ1) is 26.0. The summed E-state index contributed by atoms with van der Waals surface area (Å²) >= 11 is 0. The second-order valence-electron chi connectivity index (χ2n) is 6.14. The molecule has 14 heteroatoms. The van der Waals surface area contributed by atoms with E-state index in [0.717, 1.165) is 6.92 Å². The molecular formula is C14H30N7O6P. The molecule has 0 bridgehead atoms. The summed E-state index contributed by atoms with van der Waals surface area (Å²) in [7, 11) is -3.34. The number of rotatable bonds is 11. The molecular weight excluding hydrogens is 393 g/mol. The number of imide groups is 1. The van der Waals surface area contributed by atoms with Crippen molar-refractivity contribution in [1.82, 2.24) is 15.5 Å². The first-order chi connectivity index (χ1) is 12.8. The van der Waals surface area contributed by atoms with Crippen LogP contribution in [0.1, 0.15) is 26.7 Å². The molecule has 28 heavy (non-hydrogen) atoms. The number of amides is 3. The maximum absolute atomic E-state index is 12.6. The largest absolute Gasteiger partial charge is 0.370 e. The Morgan fingerprint density at radius 3 is 2.25 bits per heavy atom. The van der Waals surface area contributed by atoms with E-state index in [2.05, 4.69) is 15.6 Å². The van der Waals surface area contributed by atoms with Crippen molar-refractivity contribution in [3.8, 4) is 0 Å². The number of aliphatic imine (C=N–C) groups is 1. The molecule has 0 aromatic heterocycles. The average Bonchev–Trinajstić information content (AvgIpc) is 2.57. The van der Waals surface area contributed by atoms with Crippen molar-refractivity contribution in [1.29, 1.82) is 0 Å². The number of nitrogens with zero attached hydrogens (tertiary/aromatic N) is 2. The Balaban J connectivity index is 5.05. The minimum absolute atomic E-state index is 0.0808. The van der Waals surface area contributed by atoms with Crippen molar-refractivity contribution in [2.24, 2.45) is 22.2 Å². The zero-order valence-electron chi connectivity index (χ0n) is 16.2. The molecule has 3 amide bonds. The Bertz CT molecular complexity index is 634. The molecule has 0 saturated heterocycles. The summed E-state index contributed by atoms with van der Waals surface area (Å²) in [4.78, 5) is 59.7. The fourth-order valence-corrected chi connectivity index (χ4v) is 2.69. The van der Waals surface area contributed by atoms with Gasteiger partial charge in [0.05, 0.1) is 12.6 Å². The zero-order valence-corrected chi connectivity index (χ0v) is 17.1. The van der Waals surface area contributed by atoms with Gasteiger partial charge < -0.3 is 37.6 Å². The van der Waals surface area contributed by atoms with E-state index in [4.69, 9.17) is 17.2 Å². The van der Waals surface area contributed by atoms with Gasteiger partial charge in [0.25, 0.3) is 5.91 Å². The van der Waals surface area contributed by atoms with Crippen LogP contribution in [0.25, 0.3) is 0 Å². The lowest BCUT2D eigenvalue weighted by molar-refractivity contribution is -0.147. The molecule has 0 aliphatic carbocycles. The SMILES string of the molecule is CNCC(=O)N(C(=O)[C@H](C)NC(=O)[C@@H](N)CCCN=C(N)N)[C@@H](C)P(=O)(O)O. The smallest absolute Gasteiger partial charge is 0.348 e. The van der Waals surface area contributed by atoms with Gasteiger partial charge in [-0.3, -0.25) is 28.8 Å². The van der Waals surface area contributed by atoms with Gasteiger partial charge in [-0.25, -0.2) is 0 Å². The predicted molar refractivity (Wildman–Crippen MR) is 103 cm³/mol. The molecule has 0 spiro atoms. The van der Waals surface area contributed by atoms with E-state index in [1.165, 1.54) is 14.0 Å². The number of carbonyl (C=O) groups is 3. The van der Waals surface area contributed by atoms with E-state index in [9.17, 15) is 28.7 Å². The Morgan fingerprint density at radius 1 is 1.21 bits per heavy atom. The Morgan fingerprint density at radius 2 is 1.79 bits per heavy atom. The normalized spacial score (nSPS) is 14.5. The second kappa shape index (κ2) is 11.7. The third-order valence-corrected chi connectivity index (χ3v) is 4.93. The van der Waals surface area contributed by atoms with Gasteiger partial charge in [0, 0.05) is 6.54 Å². The quantitative estimate of drug-likeness (QED) is 0.0769. The van der Waals surface area contributed by atoms with Crippen LogP contribution in [-0.2, 0) is 18.9 Å². The van der Waals surface area contributed by atoms with Crippen LogP contribution in [0.4, 0.5) is 0 Å². The Hall–Kier alpha value is -2.05. The van der Waals surface area contributed by atoms with Crippen molar-refractivity contribution >= 4 is 31.3 Å². The predicted octanol–water partition coefficient (Wildman–Crippen LogP) is -3.03. The standard InChI is InChI=1S/C14H30N7O6P/c1-8(20-12(23)10(15)5-4-6-19-14(16)17)13(24)21(11(22)7-18-3)9(2)28(25,26)27/h8-10,18H,4-7,15H2,1-3H3,(H,20,23)(H4,16,17,19)(H2,25,26,27)/t8-,9+,10-/m0/s1. The van der Waals surface area contributed by atoms with Gasteiger partial charge in [-0.1, -0.05) is 0 Å². The third-order valence-electron chi connectivity index (χ3n) is 3.73. The molecule has 0 aliphatic heterocycles. The molecule has 0 radical (unpaired) electrons. The molecule has 0 saturated carbocycles. The molecule has 0 fully saturated rings. The van der Waals surface area contributed by atoms with Crippen molar-refractivity contribution in [2.45, 2.75) is 44.6 Å². The maximum Gasteiger partial charge on any atom is 0.348 e. The summed E-state index contributed by atoms with van der Waals surface area (Å²) in [5.41, 5.74) is 16.1. The number of nitrogens with one attached hydrogen (secondary N) is 2. The molecule has 162 valence electrons. The average molecular weight is 423 g/mol. The third kappa shape index (κ3) is 8.76. The minimum Gasteiger partial charge on any atom is -0.370 e. The Labute approximate surface area is 163 Å². The van der Waals surface area contributed by atoms with Gasteiger partial charge in [0.1, 0.15) is 11.8 Å². The molecule has 0 aromatic carbocycles. The number of hydrogen-bond acceptors (Lipinski definition) is 7. The van der Waals surface area contributed by atoms with Crippen LogP contribution < -0.4 is 27.8 Å². The van der Waals surface area contributed by atoms with E-state index < -0.39 is 43.2 Å². The van der Waals surface area contributed by atoms with Crippen LogP contribution >= 0.6 is 7.60 Å². The fourth-order valence-electron chi connectivity index (χ4n) is 2.14. The van der Waals surface area contributed by atoms with Gasteiger partial charge in [-0.15, -0.1) is 0 Å². The fraction of sp³-hybridized carbons (Fsp3) is 0.714. The number of carbonyl (C=O) groups excluding carboxylic acids is 3. The van der Waals surface area contributed by atoms with Gasteiger partial charge in [-0.05, 0) is 33.7 Å². The topological polar surface area (TPSA) is 226 Å². The zero-order chi connectivity index (χ0) is 22.1. The van der Waals surface area contributed by atoms with Crippen molar-refractivity contribution in [3.05, 3.63) is 0 Å². The van der Waals surface area contributed by atoms with E-state index in [1.807, 2.05) is 0 Å². The molecule has 13 nitrogen and oxygen atoms in total. The summed E-state index contributed by atoms with van der Waals surface area (Å²) in [6.45, 7) is 2.31. The maximum atomic E-state index is 12.6. The Kier molecular flexibility index (Phi) is 10.9. The molecule has 10 N–H and O–H groups in total. The number of guanidine groups is 1. The molecule has 0 rings (SSSR count). The molecule has 0 aromatic rings. The second-order valence-corrected chi connectivity index (χ2v) is 8.06. The lowest BCUT2D eigenvalue weighted by Crippen LogP contribution is -2.55. The lowest BCUT2D eigenvalue weighted by atomic mass is 10.1. The van der Waals surface area contributed by atoms with Crippen molar-refractivity contribution in [3.63, 3.8) is 0 Å². The van der Waals surface area contributed by atoms with Gasteiger partial charge >= 0.3 is 7.60 Å². The minimum atomic E-state index is -4.78. The van der Waals surface area contributed by atoms with Crippen LogP contribution in [0, 0.1) is 0 Å². The summed E-state index contributed by atoms with van der Waals surface area (Å²) in [6, 6.07) is -2.18. The van der Waals surface area contributed by atoms with E-state index in [0.29, 0.717) is 11.3 Å². The van der Waals surface area contributed by atoms with Crippen LogP contribution in [-0.4, -0.2) is 76.4 Å². The highest BCUT2D eigenvalue weighted by Crippen LogP contribution is 2.42.